The minimum absolute atomic E-state index is 0. The fourth-order valence-electron chi connectivity index (χ4n) is 3.43. The Morgan fingerprint density at radius 3 is 2.33 bits per heavy atom. The molecule has 2 aromatic heterocycles. The van der Waals surface area contributed by atoms with Gasteiger partial charge in [-0.3, -0.25) is 0 Å². The summed E-state index contributed by atoms with van der Waals surface area (Å²) >= 11 is 0. The van der Waals surface area contributed by atoms with E-state index in [9.17, 15) is 0 Å². The molecule has 0 aliphatic carbocycles. The molecule has 0 aliphatic heterocycles. The maximum Gasteiger partial charge on any atom is 0.231 e. The number of fused-ring (bicyclic) bond motifs is 1. The molecular formula is C30H48N6O4. The van der Waals surface area contributed by atoms with E-state index in [1.807, 2.05) is 68.6 Å². The van der Waals surface area contributed by atoms with Gasteiger partial charge in [0.05, 0.1) is 30.5 Å². The Morgan fingerprint density at radius 1 is 0.925 bits per heavy atom. The van der Waals surface area contributed by atoms with Crippen molar-refractivity contribution in [3.8, 4) is 11.5 Å². The number of para-hydroxylation sites is 2. The monoisotopic (exact) mass is 556 g/mol. The second kappa shape index (κ2) is 17.3. The molecule has 0 fully saturated rings. The van der Waals surface area contributed by atoms with E-state index in [0.717, 1.165) is 34.6 Å². The lowest BCUT2D eigenvalue weighted by molar-refractivity contribution is 0.144. The van der Waals surface area contributed by atoms with E-state index < -0.39 is 0 Å². The molecule has 222 valence electrons. The lowest BCUT2D eigenvalue weighted by Gasteiger charge is -2.16. The normalized spacial score (nSPS) is 9.97. The third kappa shape index (κ3) is 9.18. The standard InChI is InChI=1S/C26H30N6O3.C2H6O.C2H6.3H2/c1-5-17(2)28-20-8-6-7-9-21(20)30-25-19-12-13-27-24(19)31-26(32-25)29-18-10-11-22(23(16-18)34-4)35-15-14-33-3;1-3-2;1-2;;;/h6-13,16,28H,2,5,14-15H2,1,3-4H3,(H3,27,29,30,31,32);1-2H3;1-2H3;3*1H. The van der Waals surface area contributed by atoms with Crippen LogP contribution in [0.15, 0.2) is 67.0 Å². The summed E-state index contributed by atoms with van der Waals surface area (Å²) in [5.74, 6) is 2.33. The van der Waals surface area contributed by atoms with Crippen molar-refractivity contribution in [2.45, 2.75) is 27.2 Å². The molecular weight excluding hydrogens is 508 g/mol. The molecule has 0 saturated heterocycles. The van der Waals surface area contributed by atoms with Crippen LogP contribution in [0.2, 0.25) is 0 Å². The lowest BCUT2D eigenvalue weighted by atomic mass is 10.2. The Labute approximate surface area is 241 Å². The number of hydrogen-bond acceptors (Lipinski definition) is 9. The molecule has 4 N–H and O–H groups in total. The molecule has 0 saturated carbocycles. The number of methoxy groups -OCH3 is 3. The van der Waals surface area contributed by atoms with E-state index in [-0.39, 0.29) is 4.28 Å². The predicted octanol–water partition coefficient (Wildman–Crippen LogP) is 7.84. The predicted molar refractivity (Wildman–Crippen MR) is 171 cm³/mol. The van der Waals surface area contributed by atoms with E-state index in [4.69, 9.17) is 19.2 Å². The molecule has 0 amide bonds. The van der Waals surface area contributed by atoms with E-state index in [2.05, 4.69) is 44.2 Å². The highest BCUT2D eigenvalue weighted by atomic mass is 16.5. The first kappa shape index (κ1) is 31.9. The van der Waals surface area contributed by atoms with Crippen LogP contribution in [0.4, 0.5) is 28.8 Å². The van der Waals surface area contributed by atoms with Gasteiger partial charge in [0.1, 0.15) is 18.1 Å². The highest BCUT2D eigenvalue weighted by Gasteiger charge is 2.13. The van der Waals surface area contributed by atoms with Gasteiger partial charge in [-0.2, -0.15) is 9.97 Å². The summed E-state index contributed by atoms with van der Waals surface area (Å²) in [6, 6.07) is 15.4. The number of aromatic amines is 1. The number of allylic oxidation sites excluding steroid dienone is 1. The van der Waals surface area contributed by atoms with Crippen molar-refractivity contribution in [2.24, 2.45) is 0 Å². The molecule has 0 bridgehead atoms. The molecule has 4 rings (SSSR count). The summed E-state index contributed by atoms with van der Waals surface area (Å²) in [7, 11) is 6.49. The minimum Gasteiger partial charge on any atom is -0.493 e. The number of ether oxygens (including phenoxy) is 4. The fourth-order valence-corrected chi connectivity index (χ4v) is 3.43. The van der Waals surface area contributed by atoms with Crippen LogP contribution in [-0.4, -0.2) is 56.6 Å². The van der Waals surface area contributed by atoms with Crippen molar-refractivity contribution >= 4 is 39.9 Å². The van der Waals surface area contributed by atoms with Gasteiger partial charge in [0.2, 0.25) is 5.95 Å². The fraction of sp³-hybridized carbons (Fsp3) is 0.333. The van der Waals surface area contributed by atoms with Crippen LogP contribution in [-0.2, 0) is 9.47 Å². The zero-order chi connectivity index (χ0) is 29.3. The van der Waals surface area contributed by atoms with Crippen molar-refractivity contribution < 1.29 is 23.2 Å². The van der Waals surface area contributed by atoms with Crippen LogP contribution in [0.25, 0.3) is 11.0 Å². The molecule has 0 atom stereocenters. The van der Waals surface area contributed by atoms with E-state index in [0.29, 0.717) is 42.1 Å². The van der Waals surface area contributed by atoms with Gasteiger partial charge in [0.25, 0.3) is 0 Å². The Bertz CT molecular complexity index is 1340. The number of aromatic nitrogens is 3. The average molecular weight is 557 g/mol. The second-order valence-electron chi connectivity index (χ2n) is 8.13. The number of hydrogen-bond donors (Lipinski definition) is 4. The average Bonchev–Trinajstić information content (AvgIpc) is 3.45. The third-order valence-corrected chi connectivity index (χ3v) is 5.30. The van der Waals surface area contributed by atoms with Gasteiger partial charge in [0, 0.05) is 49.3 Å². The van der Waals surface area contributed by atoms with Crippen molar-refractivity contribution in [3.63, 3.8) is 0 Å². The van der Waals surface area contributed by atoms with E-state index >= 15 is 0 Å². The highest BCUT2D eigenvalue weighted by Crippen LogP contribution is 2.33. The van der Waals surface area contributed by atoms with Crippen LogP contribution < -0.4 is 25.4 Å². The molecule has 40 heavy (non-hydrogen) atoms. The molecule has 0 radical (unpaired) electrons. The topological polar surface area (TPSA) is 115 Å². The molecule has 10 heteroatoms. The number of nitrogens with zero attached hydrogens (tertiary/aromatic N) is 2. The smallest absolute Gasteiger partial charge is 0.231 e. The number of anilines is 5. The molecule has 4 aromatic rings. The second-order valence-corrected chi connectivity index (χ2v) is 8.13. The first-order valence-electron chi connectivity index (χ1n) is 13.2. The Hall–Kier alpha value is -4.28. The van der Waals surface area contributed by atoms with Gasteiger partial charge in [-0.1, -0.05) is 39.5 Å². The number of benzene rings is 2. The van der Waals surface area contributed by atoms with Crippen molar-refractivity contribution in [1.82, 2.24) is 15.0 Å². The summed E-state index contributed by atoms with van der Waals surface area (Å²) in [5, 5.41) is 10.9. The Morgan fingerprint density at radius 2 is 1.65 bits per heavy atom. The van der Waals surface area contributed by atoms with Crippen molar-refractivity contribution in [2.75, 3.05) is 57.6 Å². The number of nitrogens with one attached hydrogen (secondary N) is 4. The zero-order valence-corrected chi connectivity index (χ0v) is 24.6. The lowest BCUT2D eigenvalue weighted by Crippen LogP contribution is -2.06. The molecule has 0 unspecified atom stereocenters. The van der Waals surface area contributed by atoms with Crippen LogP contribution in [0, 0.1) is 0 Å². The van der Waals surface area contributed by atoms with Gasteiger partial charge in [0.15, 0.2) is 11.5 Å². The van der Waals surface area contributed by atoms with E-state index in [1.54, 1.807) is 28.4 Å². The van der Waals surface area contributed by atoms with Gasteiger partial charge in [-0.05, 0) is 36.8 Å². The van der Waals surface area contributed by atoms with E-state index in [1.165, 1.54) is 0 Å². The summed E-state index contributed by atoms with van der Waals surface area (Å²) in [6.45, 7) is 11.0. The first-order valence-corrected chi connectivity index (χ1v) is 13.2. The Balaban J connectivity index is 0. The highest BCUT2D eigenvalue weighted by molar-refractivity contribution is 5.92. The van der Waals surface area contributed by atoms with Crippen LogP contribution in [0.3, 0.4) is 0 Å². The number of H-pyrrole nitrogens is 1. The summed E-state index contributed by atoms with van der Waals surface area (Å²) in [4.78, 5) is 12.5. The largest absolute Gasteiger partial charge is 0.493 e. The van der Waals surface area contributed by atoms with Crippen LogP contribution in [0.1, 0.15) is 31.5 Å². The summed E-state index contributed by atoms with van der Waals surface area (Å²) < 4.78 is 20.5. The summed E-state index contributed by atoms with van der Waals surface area (Å²) in [6.07, 6.45) is 2.67. The van der Waals surface area contributed by atoms with Crippen LogP contribution >= 0.6 is 0 Å². The molecule has 2 aromatic carbocycles. The summed E-state index contributed by atoms with van der Waals surface area (Å²) in [5.41, 5.74) is 4.21. The van der Waals surface area contributed by atoms with Gasteiger partial charge < -0.3 is 39.9 Å². The zero-order valence-electron chi connectivity index (χ0n) is 24.6. The molecule has 0 aliphatic rings. The first-order chi connectivity index (χ1) is 19.5. The number of rotatable bonds is 12. The third-order valence-electron chi connectivity index (χ3n) is 5.30. The molecule has 2 heterocycles. The molecule has 0 spiro atoms. The molecule has 10 nitrogen and oxygen atoms in total. The van der Waals surface area contributed by atoms with Crippen molar-refractivity contribution in [1.29, 1.82) is 0 Å². The van der Waals surface area contributed by atoms with Gasteiger partial charge >= 0.3 is 0 Å². The Kier molecular flexibility index (Phi) is 13.8. The van der Waals surface area contributed by atoms with Crippen LogP contribution in [0.5, 0.6) is 11.5 Å². The van der Waals surface area contributed by atoms with Gasteiger partial charge in [-0.25, -0.2) is 0 Å². The van der Waals surface area contributed by atoms with Gasteiger partial charge in [-0.15, -0.1) is 0 Å². The maximum atomic E-state index is 5.72. The van der Waals surface area contributed by atoms with Crippen molar-refractivity contribution in [3.05, 3.63) is 67.0 Å². The quantitative estimate of drug-likeness (QED) is 0.130. The SMILES string of the molecule is C=C(CC)Nc1ccccc1Nc1nc(Nc2ccc(OCCOC)c(OC)c2)nc2[nH]ccc12.CC.COC.[HH].[HH].[HH]. The maximum absolute atomic E-state index is 5.72. The minimum atomic E-state index is 0.